The molecule has 0 spiro atoms. The molecule has 3 heterocycles. The molecule has 0 saturated carbocycles. The van der Waals surface area contributed by atoms with Crippen LogP contribution in [0.25, 0.3) is 33.3 Å². The molecule has 5 aromatic rings. The average Bonchev–Trinajstić information content (AvgIpc) is 3.45. The quantitative estimate of drug-likeness (QED) is 0.276. The first kappa shape index (κ1) is 24.6. The molecule has 0 saturated heterocycles. The third kappa shape index (κ3) is 4.34. The largest absolute Gasteiger partial charge is 0.438 e. The number of halogens is 1. The number of aryl methyl sites for hydroxylation is 2. The Morgan fingerprint density at radius 3 is 2.61 bits per heavy atom. The summed E-state index contributed by atoms with van der Waals surface area (Å²) in [5.74, 6) is 1.03. The first-order chi connectivity index (χ1) is 18.3. The van der Waals surface area contributed by atoms with Gasteiger partial charge in [0.15, 0.2) is 0 Å². The second-order valence-corrected chi connectivity index (χ2v) is 8.92. The number of fused-ring (bicyclic) bond motifs is 1. The number of anilines is 2. The number of nitrogen functional groups attached to an aromatic ring is 1. The minimum absolute atomic E-state index is 0.288. The number of nitriles is 1. The molecule has 1 amide bonds. The van der Waals surface area contributed by atoms with Crippen LogP contribution in [0.2, 0.25) is 5.02 Å². The van der Waals surface area contributed by atoms with E-state index in [0.717, 1.165) is 16.8 Å². The summed E-state index contributed by atoms with van der Waals surface area (Å²) < 4.78 is 9.40. The first-order valence-electron chi connectivity index (χ1n) is 11.5. The molecule has 0 unspecified atom stereocenters. The van der Waals surface area contributed by atoms with Gasteiger partial charge in [-0.1, -0.05) is 30.3 Å². The molecule has 0 radical (unpaired) electrons. The highest BCUT2D eigenvalue weighted by molar-refractivity contribution is 6.34. The van der Waals surface area contributed by atoms with E-state index < -0.39 is 0 Å². The molecule has 5 rings (SSSR count). The van der Waals surface area contributed by atoms with Crippen molar-refractivity contribution in [2.45, 2.75) is 0 Å². The molecule has 2 aromatic carbocycles. The Kier molecular flexibility index (Phi) is 6.33. The number of rotatable bonds is 6. The predicted molar refractivity (Wildman–Crippen MR) is 148 cm³/mol. The Balaban J connectivity index is 1.70. The lowest BCUT2D eigenvalue weighted by molar-refractivity contribution is -0.111. The van der Waals surface area contributed by atoms with Crippen LogP contribution in [0.5, 0.6) is 11.6 Å². The molecule has 3 N–H and O–H groups in total. The van der Waals surface area contributed by atoms with Crippen molar-refractivity contribution in [3.63, 3.8) is 0 Å². The van der Waals surface area contributed by atoms with Crippen LogP contribution in [0.3, 0.4) is 0 Å². The summed E-state index contributed by atoms with van der Waals surface area (Å²) in [5.41, 5.74) is 10.9. The zero-order valence-corrected chi connectivity index (χ0v) is 21.3. The van der Waals surface area contributed by atoms with E-state index in [-0.39, 0.29) is 11.7 Å². The van der Waals surface area contributed by atoms with Gasteiger partial charge in [0.25, 0.3) is 0 Å². The number of benzene rings is 2. The Hall–Kier alpha value is -5.07. The van der Waals surface area contributed by atoms with Gasteiger partial charge in [-0.2, -0.15) is 5.26 Å². The summed E-state index contributed by atoms with van der Waals surface area (Å²) in [6, 6.07) is 16.7. The van der Waals surface area contributed by atoms with E-state index in [1.807, 2.05) is 49.0 Å². The topological polar surface area (TPSA) is 124 Å². The number of aromatic nitrogens is 4. The molecule has 188 valence electrons. The standard InChI is InChI=1S/C28H22ClN7O2/c1-4-22(37)33-18-7-10-20(21(29)13-18)27-24(25-26(36(27)3)17(14-30)15-32-28(25)31)16-5-8-19(9-6-16)38-23-11-12-35(2)34-23/h4-13,15H,1H2,2-3H3,(H2,31,32)(H,33,37). The SMILES string of the molecule is C=CC(=O)Nc1ccc(-c2c(-c3ccc(Oc4ccn(C)n4)cc3)c3c(N)ncc(C#N)c3n2C)c(Cl)c1. The van der Waals surface area contributed by atoms with E-state index in [1.165, 1.54) is 12.3 Å². The number of hydrogen-bond acceptors (Lipinski definition) is 6. The van der Waals surface area contributed by atoms with Crippen LogP contribution in [0, 0.1) is 11.3 Å². The molecule has 38 heavy (non-hydrogen) atoms. The highest BCUT2D eigenvalue weighted by atomic mass is 35.5. The molecule has 9 nitrogen and oxygen atoms in total. The van der Waals surface area contributed by atoms with Crippen molar-refractivity contribution < 1.29 is 9.53 Å². The van der Waals surface area contributed by atoms with Crippen molar-refractivity contribution in [1.29, 1.82) is 5.26 Å². The predicted octanol–water partition coefficient (Wildman–Crippen LogP) is 5.66. The molecule has 0 fully saturated rings. The average molecular weight is 524 g/mol. The number of pyridine rings is 1. The lowest BCUT2D eigenvalue weighted by Crippen LogP contribution is -2.07. The van der Waals surface area contributed by atoms with E-state index >= 15 is 0 Å². The van der Waals surface area contributed by atoms with E-state index in [2.05, 4.69) is 28.0 Å². The number of carbonyl (C=O) groups is 1. The molecule has 0 atom stereocenters. The second kappa shape index (κ2) is 9.76. The lowest BCUT2D eigenvalue weighted by atomic mass is 9.97. The van der Waals surface area contributed by atoms with Gasteiger partial charge in [0, 0.05) is 49.4 Å². The van der Waals surface area contributed by atoms with E-state index in [9.17, 15) is 10.1 Å². The van der Waals surface area contributed by atoms with Gasteiger partial charge in [0.05, 0.1) is 27.2 Å². The van der Waals surface area contributed by atoms with Gasteiger partial charge < -0.3 is 20.4 Å². The summed E-state index contributed by atoms with van der Waals surface area (Å²) in [6.07, 6.45) is 4.45. The minimum Gasteiger partial charge on any atom is -0.438 e. The van der Waals surface area contributed by atoms with Gasteiger partial charge in [-0.15, -0.1) is 5.10 Å². The van der Waals surface area contributed by atoms with Gasteiger partial charge in [0.2, 0.25) is 11.8 Å². The summed E-state index contributed by atoms with van der Waals surface area (Å²) in [5, 5.41) is 17.8. The second-order valence-electron chi connectivity index (χ2n) is 8.52. The third-order valence-electron chi connectivity index (χ3n) is 6.09. The Morgan fingerprint density at radius 2 is 1.97 bits per heavy atom. The van der Waals surface area contributed by atoms with Crippen LogP contribution in [-0.4, -0.2) is 25.2 Å². The number of carbonyl (C=O) groups excluding carboxylic acids is 1. The van der Waals surface area contributed by atoms with Crippen LogP contribution < -0.4 is 15.8 Å². The van der Waals surface area contributed by atoms with Crippen molar-refractivity contribution in [3.05, 3.63) is 84.2 Å². The van der Waals surface area contributed by atoms with Gasteiger partial charge in [-0.25, -0.2) is 4.98 Å². The zero-order chi connectivity index (χ0) is 27.0. The Labute approximate surface area is 223 Å². The maximum atomic E-state index is 11.8. The van der Waals surface area contributed by atoms with Crippen molar-refractivity contribution in [2.24, 2.45) is 14.1 Å². The van der Waals surface area contributed by atoms with Gasteiger partial charge in [0.1, 0.15) is 17.6 Å². The van der Waals surface area contributed by atoms with Crippen molar-refractivity contribution in [3.8, 4) is 40.1 Å². The van der Waals surface area contributed by atoms with Gasteiger partial charge in [-0.3, -0.25) is 9.48 Å². The fourth-order valence-corrected chi connectivity index (χ4v) is 4.69. The number of nitrogens with two attached hydrogens (primary N) is 1. The highest BCUT2D eigenvalue weighted by Crippen LogP contribution is 2.45. The Morgan fingerprint density at radius 1 is 1.21 bits per heavy atom. The Bertz CT molecular complexity index is 1760. The monoisotopic (exact) mass is 523 g/mol. The number of nitrogens with zero attached hydrogens (tertiary/aromatic N) is 5. The molecule has 0 aliphatic rings. The lowest BCUT2D eigenvalue weighted by Gasteiger charge is -2.13. The van der Waals surface area contributed by atoms with Crippen LogP contribution in [0.1, 0.15) is 5.56 Å². The fraction of sp³-hybridized carbons (Fsp3) is 0.0714. The molecule has 3 aromatic heterocycles. The van der Waals surface area contributed by atoms with Crippen LogP contribution in [-0.2, 0) is 18.9 Å². The number of hydrogen-bond donors (Lipinski definition) is 2. The molecule has 0 aliphatic heterocycles. The van der Waals surface area contributed by atoms with Crippen LogP contribution in [0.4, 0.5) is 11.5 Å². The number of ether oxygens (including phenoxy) is 1. The van der Waals surface area contributed by atoms with Crippen molar-refractivity contribution >= 4 is 39.9 Å². The smallest absolute Gasteiger partial charge is 0.247 e. The minimum atomic E-state index is -0.343. The molecular weight excluding hydrogens is 502 g/mol. The molecule has 0 aliphatic carbocycles. The van der Waals surface area contributed by atoms with Crippen LogP contribution in [0.15, 0.2) is 73.6 Å². The van der Waals surface area contributed by atoms with E-state index in [1.54, 1.807) is 29.1 Å². The molecule has 10 heteroatoms. The molecule has 0 bridgehead atoms. The van der Waals surface area contributed by atoms with E-state index in [4.69, 9.17) is 22.1 Å². The summed E-state index contributed by atoms with van der Waals surface area (Å²) in [7, 11) is 3.67. The van der Waals surface area contributed by atoms with Crippen molar-refractivity contribution in [1.82, 2.24) is 19.3 Å². The third-order valence-corrected chi connectivity index (χ3v) is 6.40. The van der Waals surface area contributed by atoms with Crippen molar-refractivity contribution in [2.75, 3.05) is 11.1 Å². The van der Waals surface area contributed by atoms with E-state index in [0.29, 0.717) is 44.4 Å². The van der Waals surface area contributed by atoms with Crippen LogP contribution >= 0.6 is 11.6 Å². The first-order valence-corrected chi connectivity index (χ1v) is 11.9. The van der Waals surface area contributed by atoms with Gasteiger partial charge in [-0.05, 0) is 42.0 Å². The maximum Gasteiger partial charge on any atom is 0.247 e. The normalized spacial score (nSPS) is 10.8. The summed E-state index contributed by atoms with van der Waals surface area (Å²) >= 11 is 6.75. The highest BCUT2D eigenvalue weighted by Gasteiger charge is 2.24. The summed E-state index contributed by atoms with van der Waals surface area (Å²) in [6.45, 7) is 3.47. The number of amides is 1. The molecular formula is C28H22ClN7O2. The number of nitrogens with one attached hydrogen (secondary N) is 1. The van der Waals surface area contributed by atoms with Gasteiger partial charge >= 0.3 is 0 Å². The fourth-order valence-electron chi connectivity index (χ4n) is 4.42. The summed E-state index contributed by atoms with van der Waals surface area (Å²) in [4.78, 5) is 16.1. The maximum absolute atomic E-state index is 11.8. The zero-order valence-electron chi connectivity index (χ0n) is 20.6.